The van der Waals surface area contributed by atoms with Crippen LogP contribution in [0, 0.1) is 0 Å². The maximum Gasteiger partial charge on any atom is 0.241 e. The van der Waals surface area contributed by atoms with E-state index in [1.807, 2.05) is 6.92 Å². The zero-order valence-electron chi connectivity index (χ0n) is 16.0. The minimum absolute atomic E-state index is 0.0768. The van der Waals surface area contributed by atoms with E-state index in [2.05, 4.69) is 10.6 Å². The van der Waals surface area contributed by atoms with Crippen molar-refractivity contribution in [2.75, 3.05) is 30.8 Å². The summed E-state index contributed by atoms with van der Waals surface area (Å²) in [5.41, 5.74) is 1.17. The molecular weight excluding hydrogens is 401 g/mol. The molecular formula is C20H23Cl2N3O3. The zero-order valence-corrected chi connectivity index (χ0v) is 17.5. The molecule has 0 aliphatic carbocycles. The molecule has 0 radical (unpaired) electrons. The van der Waals surface area contributed by atoms with Gasteiger partial charge in [0.05, 0.1) is 19.7 Å². The summed E-state index contributed by atoms with van der Waals surface area (Å²) >= 11 is 11.9. The Morgan fingerprint density at radius 1 is 1.04 bits per heavy atom. The first-order valence-electron chi connectivity index (χ1n) is 8.77. The Hall–Kier alpha value is -2.28. The van der Waals surface area contributed by atoms with Gasteiger partial charge in [0.15, 0.2) is 0 Å². The van der Waals surface area contributed by atoms with E-state index in [4.69, 9.17) is 27.9 Å². The first kappa shape index (κ1) is 22.0. The summed E-state index contributed by atoms with van der Waals surface area (Å²) in [6, 6.07) is 11.3. The van der Waals surface area contributed by atoms with Crippen LogP contribution in [0.4, 0.5) is 11.4 Å². The van der Waals surface area contributed by atoms with E-state index < -0.39 is 6.04 Å². The molecule has 0 saturated carbocycles. The first-order valence-corrected chi connectivity index (χ1v) is 9.53. The highest BCUT2D eigenvalue weighted by Crippen LogP contribution is 2.22. The van der Waals surface area contributed by atoms with Crippen LogP contribution in [0.3, 0.4) is 0 Å². The molecule has 1 unspecified atom stereocenters. The highest BCUT2D eigenvalue weighted by atomic mass is 35.5. The number of carbonyl (C=O) groups is 2. The number of anilines is 2. The fourth-order valence-corrected chi connectivity index (χ4v) is 3.15. The van der Waals surface area contributed by atoms with Gasteiger partial charge >= 0.3 is 0 Å². The van der Waals surface area contributed by atoms with Crippen molar-refractivity contribution in [1.82, 2.24) is 4.90 Å². The molecule has 6 nitrogen and oxygen atoms in total. The molecule has 150 valence electrons. The molecule has 2 aromatic carbocycles. The summed E-state index contributed by atoms with van der Waals surface area (Å²) in [6.45, 7) is 4.24. The molecule has 28 heavy (non-hydrogen) atoms. The van der Waals surface area contributed by atoms with Gasteiger partial charge in [0.2, 0.25) is 11.8 Å². The van der Waals surface area contributed by atoms with Crippen molar-refractivity contribution in [2.24, 2.45) is 0 Å². The molecule has 2 amide bonds. The van der Waals surface area contributed by atoms with Gasteiger partial charge in [-0.2, -0.15) is 0 Å². The number of likely N-dealkylation sites (N-methyl/N-ethyl adjacent to an activating group) is 1. The zero-order chi connectivity index (χ0) is 20.7. The molecule has 0 spiro atoms. The molecule has 2 rings (SSSR count). The van der Waals surface area contributed by atoms with Crippen LogP contribution in [0.15, 0.2) is 42.5 Å². The molecule has 0 aliphatic rings. The number of rotatable bonds is 8. The highest BCUT2D eigenvalue weighted by Gasteiger charge is 2.22. The van der Waals surface area contributed by atoms with Crippen molar-refractivity contribution in [3.8, 4) is 5.75 Å². The van der Waals surface area contributed by atoms with Crippen molar-refractivity contribution in [2.45, 2.75) is 19.9 Å². The van der Waals surface area contributed by atoms with Gasteiger partial charge in [0.1, 0.15) is 5.75 Å². The number of amides is 2. The van der Waals surface area contributed by atoms with Gasteiger partial charge < -0.3 is 15.4 Å². The van der Waals surface area contributed by atoms with E-state index in [9.17, 15) is 9.59 Å². The largest absolute Gasteiger partial charge is 0.497 e. The molecule has 0 bridgehead atoms. The lowest BCUT2D eigenvalue weighted by molar-refractivity contribution is -0.123. The minimum Gasteiger partial charge on any atom is -0.497 e. The second-order valence-electron chi connectivity index (χ2n) is 6.16. The van der Waals surface area contributed by atoms with Crippen LogP contribution in [0.1, 0.15) is 13.8 Å². The van der Waals surface area contributed by atoms with E-state index in [1.165, 1.54) is 0 Å². The normalized spacial score (nSPS) is 11.8. The van der Waals surface area contributed by atoms with Crippen LogP contribution in [0.5, 0.6) is 5.75 Å². The lowest BCUT2D eigenvalue weighted by Crippen LogP contribution is -2.45. The number of hydrogen-bond donors (Lipinski definition) is 2. The topological polar surface area (TPSA) is 70.7 Å². The maximum atomic E-state index is 12.6. The first-order chi connectivity index (χ1) is 13.3. The standard InChI is InChI=1S/C20H23Cl2N3O3/c1-4-25(12-19(26)23-16-5-7-18(28-3)8-6-16)13(2)20(27)24-17-10-14(21)9-15(22)11-17/h5-11,13H,4,12H2,1-3H3,(H,23,26)(H,24,27). The summed E-state index contributed by atoms with van der Waals surface area (Å²) < 4.78 is 5.10. The second-order valence-corrected chi connectivity index (χ2v) is 7.04. The number of halogens is 2. The van der Waals surface area contributed by atoms with Gasteiger partial charge in [-0.3, -0.25) is 14.5 Å². The molecule has 1 atom stereocenters. The Bertz CT molecular complexity index is 808. The molecule has 0 saturated heterocycles. The quantitative estimate of drug-likeness (QED) is 0.664. The number of benzene rings is 2. The SMILES string of the molecule is CCN(CC(=O)Nc1ccc(OC)cc1)C(C)C(=O)Nc1cc(Cl)cc(Cl)c1. The number of hydrogen-bond acceptors (Lipinski definition) is 4. The minimum atomic E-state index is -0.524. The molecule has 0 aromatic heterocycles. The van der Waals surface area contributed by atoms with Gasteiger partial charge in [-0.25, -0.2) is 0 Å². The van der Waals surface area contributed by atoms with E-state index in [1.54, 1.807) is 61.4 Å². The van der Waals surface area contributed by atoms with Crippen molar-refractivity contribution in [3.63, 3.8) is 0 Å². The van der Waals surface area contributed by atoms with Crippen LogP contribution in [-0.4, -0.2) is 43.0 Å². The van der Waals surface area contributed by atoms with Crippen LogP contribution >= 0.6 is 23.2 Å². The number of carbonyl (C=O) groups excluding carboxylic acids is 2. The molecule has 2 N–H and O–H groups in total. The third kappa shape index (κ3) is 6.41. The van der Waals surface area contributed by atoms with E-state index in [-0.39, 0.29) is 18.4 Å². The van der Waals surface area contributed by atoms with Crippen LogP contribution < -0.4 is 15.4 Å². The smallest absolute Gasteiger partial charge is 0.241 e. The van der Waals surface area contributed by atoms with Crippen molar-refractivity contribution >= 4 is 46.4 Å². The predicted molar refractivity (Wildman–Crippen MR) is 113 cm³/mol. The average Bonchev–Trinajstić information content (AvgIpc) is 2.65. The summed E-state index contributed by atoms with van der Waals surface area (Å²) in [6.07, 6.45) is 0. The van der Waals surface area contributed by atoms with Crippen LogP contribution in [0.2, 0.25) is 10.0 Å². The summed E-state index contributed by atoms with van der Waals surface area (Å²) in [5, 5.41) is 6.46. The Morgan fingerprint density at radius 2 is 1.64 bits per heavy atom. The van der Waals surface area contributed by atoms with Gasteiger partial charge in [-0.05, 0) is 55.9 Å². The Kier molecular flexibility index (Phi) is 8.11. The Balaban J connectivity index is 1.96. The van der Waals surface area contributed by atoms with Gasteiger partial charge in [-0.15, -0.1) is 0 Å². The Morgan fingerprint density at radius 3 is 2.18 bits per heavy atom. The lowest BCUT2D eigenvalue weighted by Gasteiger charge is -2.26. The van der Waals surface area contributed by atoms with E-state index in [0.29, 0.717) is 33.7 Å². The third-order valence-electron chi connectivity index (χ3n) is 4.18. The van der Waals surface area contributed by atoms with Gasteiger partial charge in [-0.1, -0.05) is 30.1 Å². The number of nitrogens with zero attached hydrogens (tertiary/aromatic N) is 1. The average molecular weight is 424 g/mol. The number of ether oxygens (including phenoxy) is 1. The third-order valence-corrected chi connectivity index (χ3v) is 4.62. The van der Waals surface area contributed by atoms with Gasteiger partial charge in [0.25, 0.3) is 0 Å². The van der Waals surface area contributed by atoms with Gasteiger partial charge in [0, 0.05) is 21.4 Å². The molecule has 2 aromatic rings. The molecule has 0 aliphatic heterocycles. The van der Waals surface area contributed by atoms with E-state index in [0.717, 1.165) is 0 Å². The van der Waals surface area contributed by atoms with Crippen LogP contribution in [-0.2, 0) is 9.59 Å². The molecule has 8 heteroatoms. The molecule has 0 fully saturated rings. The summed E-state index contributed by atoms with van der Waals surface area (Å²) in [5.74, 6) is 0.245. The number of nitrogens with one attached hydrogen (secondary N) is 2. The maximum absolute atomic E-state index is 12.6. The van der Waals surface area contributed by atoms with Crippen molar-refractivity contribution in [1.29, 1.82) is 0 Å². The summed E-state index contributed by atoms with van der Waals surface area (Å²) in [4.78, 5) is 26.7. The highest BCUT2D eigenvalue weighted by molar-refractivity contribution is 6.35. The predicted octanol–water partition coefficient (Wildman–Crippen LogP) is 4.29. The monoisotopic (exact) mass is 423 g/mol. The fraction of sp³-hybridized carbons (Fsp3) is 0.300. The molecule has 0 heterocycles. The second kappa shape index (κ2) is 10.3. The van der Waals surface area contributed by atoms with Crippen LogP contribution in [0.25, 0.3) is 0 Å². The Labute approximate surface area is 174 Å². The van der Waals surface area contributed by atoms with Crippen molar-refractivity contribution < 1.29 is 14.3 Å². The fourth-order valence-electron chi connectivity index (χ4n) is 2.62. The summed E-state index contributed by atoms with van der Waals surface area (Å²) in [7, 11) is 1.58. The van der Waals surface area contributed by atoms with E-state index >= 15 is 0 Å². The lowest BCUT2D eigenvalue weighted by atomic mass is 10.2. The number of methoxy groups -OCH3 is 1. The van der Waals surface area contributed by atoms with Crippen molar-refractivity contribution in [3.05, 3.63) is 52.5 Å².